The summed E-state index contributed by atoms with van der Waals surface area (Å²) in [6.07, 6.45) is -0.0494. The third kappa shape index (κ3) is 3.87. The molecule has 0 amide bonds. The zero-order valence-corrected chi connectivity index (χ0v) is 16.5. The Morgan fingerprint density at radius 3 is 2.48 bits per heavy atom. The van der Waals surface area contributed by atoms with Gasteiger partial charge in [0.2, 0.25) is 0 Å². The first-order chi connectivity index (χ1) is 14.0. The molecule has 0 radical (unpaired) electrons. The van der Waals surface area contributed by atoms with Crippen LogP contribution < -0.4 is 4.74 Å². The van der Waals surface area contributed by atoms with Crippen LogP contribution in [0.4, 0.5) is 0 Å². The molecule has 0 saturated heterocycles. The third-order valence-corrected chi connectivity index (χ3v) is 5.06. The van der Waals surface area contributed by atoms with Crippen LogP contribution in [-0.4, -0.2) is 16.1 Å². The van der Waals surface area contributed by atoms with E-state index in [1.807, 2.05) is 68.4 Å². The Kier molecular flexibility index (Phi) is 5.09. The van der Waals surface area contributed by atoms with Crippen molar-refractivity contribution in [3.05, 3.63) is 89.0 Å². The van der Waals surface area contributed by atoms with E-state index in [1.165, 1.54) is 0 Å². The summed E-state index contributed by atoms with van der Waals surface area (Å²) in [6.45, 7) is 4.52. The van der Waals surface area contributed by atoms with Gasteiger partial charge in [0, 0.05) is 16.5 Å². The third-order valence-electron chi connectivity index (χ3n) is 5.06. The van der Waals surface area contributed by atoms with Crippen molar-refractivity contribution in [2.45, 2.75) is 26.9 Å². The van der Waals surface area contributed by atoms with Gasteiger partial charge in [-0.3, -0.25) is 4.79 Å². The summed E-state index contributed by atoms with van der Waals surface area (Å²) < 4.78 is 6.12. The van der Waals surface area contributed by atoms with E-state index in [1.54, 1.807) is 0 Å². The summed E-state index contributed by atoms with van der Waals surface area (Å²) in [5.41, 5.74) is 6.70. The second-order valence-electron chi connectivity index (χ2n) is 7.32. The minimum atomic E-state index is -0.852. The number of benzene rings is 3. The molecule has 0 aliphatic rings. The average molecular weight is 385 g/mol. The van der Waals surface area contributed by atoms with Crippen LogP contribution in [-0.2, 0) is 17.8 Å². The first-order valence-electron chi connectivity index (χ1n) is 9.62. The number of ether oxygens (including phenoxy) is 1. The highest BCUT2D eigenvalue weighted by atomic mass is 16.5. The summed E-state index contributed by atoms with van der Waals surface area (Å²) in [4.78, 5) is 15.1. The Morgan fingerprint density at radius 2 is 1.72 bits per heavy atom. The SMILES string of the molecule is Cc1cc(C)c2c(CC(=O)O)c(-c3ccccc3OCc3ccccc3)[nH]c2c1. The maximum absolute atomic E-state index is 11.6. The summed E-state index contributed by atoms with van der Waals surface area (Å²) in [7, 11) is 0. The first kappa shape index (κ1) is 18.8. The number of nitrogens with one attached hydrogen (secondary N) is 1. The molecular formula is C25H23NO3. The van der Waals surface area contributed by atoms with Gasteiger partial charge in [0.25, 0.3) is 0 Å². The van der Waals surface area contributed by atoms with Crippen LogP contribution in [0.15, 0.2) is 66.7 Å². The monoisotopic (exact) mass is 385 g/mol. The zero-order valence-electron chi connectivity index (χ0n) is 16.5. The Bertz CT molecular complexity index is 1180. The number of aryl methyl sites for hydroxylation is 2. The molecule has 0 aliphatic carbocycles. The molecule has 0 atom stereocenters. The van der Waals surface area contributed by atoms with Crippen molar-refractivity contribution in [3.63, 3.8) is 0 Å². The maximum Gasteiger partial charge on any atom is 0.307 e. The van der Waals surface area contributed by atoms with Gasteiger partial charge in [-0.05, 0) is 54.3 Å². The quantitative estimate of drug-likeness (QED) is 0.450. The van der Waals surface area contributed by atoms with Crippen LogP contribution in [0.2, 0.25) is 0 Å². The predicted octanol–water partition coefficient (Wildman–Crippen LogP) is 5.66. The molecule has 29 heavy (non-hydrogen) atoms. The highest BCUT2D eigenvalue weighted by Crippen LogP contribution is 2.38. The van der Waals surface area contributed by atoms with Crippen LogP contribution in [0.1, 0.15) is 22.3 Å². The Morgan fingerprint density at radius 1 is 1.00 bits per heavy atom. The van der Waals surface area contributed by atoms with Crippen LogP contribution in [0.5, 0.6) is 5.75 Å². The number of aliphatic carboxylic acids is 1. The molecule has 4 rings (SSSR count). The smallest absolute Gasteiger partial charge is 0.307 e. The minimum Gasteiger partial charge on any atom is -0.488 e. The molecule has 1 aromatic heterocycles. The number of carboxylic acids is 1. The molecule has 0 fully saturated rings. The van der Waals surface area contributed by atoms with Gasteiger partial charge in [0.1, 0.15) is 12.4 Å². The molecule has 0 spiro atoms. The molecule has 0 bridgehead atoms. The van der Waals surface area contributed by atoms with Gasteiger partial charge in [-0.2, -0.15) is 0 Å². The zero-order chi connectivity index (χ0) is 20.4. The van der Waals surface area contributed by atoms with Gasteiger partial charge >= 0.3 is 5.97 Å². The molecule has 0 aliphatic heterocycles. The van der Waals surface area contributed by atoms with Crippen molar-refractivity contribution >= 4 is 16.9 Å². The molecule has 4 nitrogen and oxygen atoms in total. The average Bonchev–Trinajstić information content (AvgIpc) is 3.05. The maximum atomic E-state index is 11.6. The Hall–Kier alpha value is -3.53. The highest BCUT2D eigenvalue weighted by molar-refractivity contribution is 5.97. The molecule has 4 heteroatoms. The number of aromatic nitrogens is 1. The van der Waals surface area contributed by atoms with E-state index in [0.29, 0.717) is 6.61 Å². The lowest BCUT2D eigenvalue weighted by atomic mass is 9.98. The molecule has 1 heterocycles. The first-order valence-corrected chi connectivity index (χ1v) is 9.62. The van der Waals surface area contributed by atoms with E-state index < -0.39 is 5.97 Å². The normalized spacial score (nSPS) is 11.0. The van der Waals surface area contributed by atoms with E-state index in [0.717, 1.165) is 50.2 Å². The van der Waals surface area contributed by atoms with E-state index in [-0.39, 0.29) is 6.42 Å². The van der Waals surface area contributed by atoms with Gasteiger partial charge in [-0.1, -0.05) is 48.5 Å². The number of H-pyrrole nitrogens is 1. The van der Waals surface area contributed by atoms with Gasteiger partial charge in [0.15, 0.2) is 0 Å². The molecule has 3 aromatic carbocycles. The Balaban J connectivity index is 1.82. The van der Waals surface area contributed by atoms with Crippen molar-refractivity contribution in [2.24, 2.45) is 0 Å². The van der Waals surface area contributed by atoms with Gasteiger partial charge in [-0.25, -0.2) is 0 Å². The van der Waals surface area contributed by atoms with Gasteiger partial charge in [0.05, 0.1) is 12.1 Å². The summed E-state index contributed by atoms with van der Waals surface area (Å²) in [6, 6.07) is 21.9. The number of fused-ring (bicyclic) bond motifs is 1. The van der Waals surface area contributed by atoms with Gasteiger partial charge in [-0.15, -0.1) is 0 Å². The summed E-state index contributed by atoms with van der Waals surface area (Å²) >= 11 is 0. The van der Waals surface area contributed by atoms with Crippen LogP contribution in [0, 0.1) is 13.8 Å². The van der Waals surface area contributed by atoms with Crippen LogP contribution >= 0.6 is 0 Å². The second kappa shape index (κ2) is 7.84. The summed E-state index contributed by atoms with van der Waals surface area (Å²) in [5, 5.41) is 10.5. The number of para-hydroxylation sites is 1. The molecule has 146 valence electrons. The molecule has 0 unspecified atom stereocenters. The lowest BCUT2D eigenvalue weighted by Crippen LogP contribution is -2.02. The highest BCUT2D eigenvalue weighted by Gasteiger charge is 2.20. The van der Waals surface area contributed by atoms with E-state index in [2.05, 4.69) is 17.1 Å². The lowest BCUT2D eigenvalue weighted by molar-refractivity contribution is -0.136. The topological polar surface area (TPSA) is 62.3 Å². The summed E-state index contributed by atoms with van der Waals surface area (Å²) in [5.74, 6) is -0.126. The second-order valence-corrected chi connectivity index (χ2v) is 7.32. The van der Waals surface area contributed by atoms with E-state index in [9.17, 15) is 9.90 Å². The number of carboxylic acid groups (broad SMARTS) is 1. The number of aromatic amines is 1. The number of rotatable bonds is 6. The number of carbonyl (C=O) groups is 1. The fourth-order valence-corrected chi connectivity index (χ4v) is 3.89. The minimum absolute atomic E-state index is 0.0494. The van der Waals surface area contributed by atoms with Crippen molar-refractivity contribution in [2.75, 3.05) is 0 Å². The van der Waals surface area contributed by atoms with Crippen molar-refractivity contribution in [3.8, 4) is 17.0 Å². The predicted molar refractivity (Wildman–Crippen MR) is 115 cm³/mol. The van der Waals surface area contributed by atoms with E-state index >= 15 is 0 Å². The van der Waals surface area contributed by atoms with Crippen LogP contribution in [0.25, 0.3) is 22.2 Å². The van der Waals surface area contributed by atoms with Gasteiger partial charge < -0.3 is 14.8 Å². The molecular weight excluding hydrogens is 362 g/mol. The van der Waals surface area contributed by atoms with Crippen LogP contribution in [0.3, 0.4) is 0 Å². The molecule has 2 N–H and O–H groups in total. The number of hydrogen-bond acceptors (Lipinski definition) is 2. The largest absolute Gasteiger partial charge is 0.488 e. The number of hydrogen-bond donors (Lipinski definition) is 2. The molecule has 0 saturated carbocycles. The fraction of sp³-hybridized carbons (Fsp3) is 0.160. The fourth-order valence-electron chi connectivity index (χ4n) is 3.89. The van der Waals surface area contributed by atoms with E-state index in [4.69, 9.17) is 4.74 Å². The standard InChI is InChI=1S/C25H23NO3/c1-16-12-17(2)24-20(14-23(27)28)25(26-21(24)13-16)19-10-6-7-11-22(19)29-15-18-8-4-3-5-9-18/h3-13,26H,14-15H2,1-2H3,(H,27,28). The molecule has 4 aromatic rings. The lowest BCUT2D eigenvalue weighted by Gasteiger charge is -2.12. The Labute approximate surface area is 169 Å². The van der Waals surface area contributed by atoms with Crippen molar-refractivity contribution < 1.29 is 14.6 Å². The van der Waals surface area contributed by atoms with Crippen molar-refractivity contribution in [1.29, 1.82) is 0 Å². The van der Waals surface area contributed by atoms with Crippen molar-refractivity contribution in [1.82, 2.24) is 4.98 Å².